The van der Waals surface area contributed by atoms with Crippen LogP contribution in [0.5, 0.6) is 5.75 Å². The Hall–Kier alpha value is -3.39. The summed E-state index contributed by atoms with van der Waals surface area (Å²) in [5, 5.41) is 4.97. The van der Waals surface area contributed by atoms with E-state index in [2.05, 4.69) is 5.32 Å². The molecule has 0 bridgehead atoms. The van der Waals surface area contributed by atoms with Crippen LogP contribution in [0.25, 0.3) is 10.8 Å². The lowest BCUT2D eigenvalue weighted by atomic mass is 10.1. The number of rotatable bonds is 8. The topological polar surface area (TPSA) is 90.9 Å². The Balaban J connectivity index is 1.78. The lowest BCUT2D eigenvalue weighted by molar-refractivity contribution is -0.118. The van der Waals surface area contributed by atoms with Crippen molar-refractivity contribution in [1.29, 1.82) is 0 Å². The van der Waals surface area contributed by atoms with Gasteiger partial charge in [0.15, 0.2) is 6.61 Å². The number of ether oxygens (including phenoxy) is 3. The number of hydrogen-bond donors (Lipinski definition) is 1. The van der Waals surface area contributed by atoms with Gasteiger partial charge in [0, 0.05) is 0 Å². The van der Waals surface area contributed by atoms with Gasteiger partial charge in [0.25, 0.3) is 5.91 Å². The van der Waals surface area contributed by atoms with Gasteiger partial charge in [-0.2, -0.15) is 0 Å². The van der Waals surface area contributed by atoms with Crippen molar-refractivity contribution < 1.29 is 28.6 Å². The Kier molecular flexibility index (Phi) is 7.71. The zero-order valence-electron chi connectivity index (χ0n) is 19.3. The standard InChI is InChI=1S/C25H27NO6S/c1-14(2)31-24(28)21-16(5)22(25(29)32-15(3)4)33-23(21)26-20(27)13-30-19-11-10-17-8-6-7-9-18(17)12-19/h6-12,14-15H,13H2,1-5H3,(H,26,27). The summed E-state index contributed by atoms with van der Waals surface area (Å²) in [5.74, 6) is -1.09. The summed E-state index contributed by atoms with van der Waals surface area (Å²) in [7, 11) is 0. The largest absolute Gasteiger partial charge is 0.484 e. The number of benzene rings is 2. The first kappa shape index (κ1) is 24.3. The quantitative estimate of drug-likeness (QED) is 0.447. The van der Waals surface area contributed by atoms with Crippen LogP contribution in [0.4, 0.5) is 5.00 Å². The molecule has 1 amide bonds. The highest BCUT2D eigenvalue weighted by Gasteiger charge is 2.28. The summed E-state index contributed by atoms with van der Waals surface area (Å²) < 4.78 is 16.2. The average molecular weight is 470 g/mol. The van der Waals surface area contributed by atoms with Gasteiger partial charge in [-0.1, -0.05) is 30.3 Å². The number of esters is 2. The van der Waals surface area contributed by atoms with Crippen LogP contribution >= 0.6 is 11.3 Å². The highest BCUT2D eigenvalue weighted by molar-refractivity contribution is 7.18. The summed E-state index contributed by atoms with van der Waals surface area (Å²) in [4.78, 5) is 38.0. The van der Waals surface area contributed by atoms with E-state index in [0.29, 0.717) is 11.3 Å². The van der Waals surface area contributed by atoms with Crippen molar-refractivity contribution in [3.8, 4) is 5.75 Å². The van der Waals surface area contributed by atoms with E-state index in [1.54, 1.807) is 40.7 Å². The maximum Gasteiger partial charge on any atom is 0.348 e. The molecule has 0 saturated heterocycles. The molecule has 0 unspecified atom stereocenters. The highest BCUT2D eigenvalue weighted by Crippen LogP contribution is 2.34. The minimum absolute atomic E-state index is 0.142. The molecule has 3 rings (SSSR count). The third-order valence-corrected chi connectivity index (χ3v) is 5.75. The summed E-state index contributed by atoms with van der Waals surface area (Å²) in [6.07, 6.45) is -0.680. The first-order valence-corrected chi connectivity index (χ1v) is 11.4. The van der Waals surface area contributed by atoms with E-state index in [0.717, 1.165) is 22.1 Å². The van der Waals surface area contributed by atoms with E-state index in [1.165, 1.54) is 0 Å². The molecule has 1 aromatic heterocycles. The molecule has 3 aromatic rings. The number of fused-ring (bicyclic) bond motifs is 1. The summed E-state index contributed by atoms with van der Waals surface area (Å²) in [6.45, 7) is 8.29. The molecular formula is C25H27NO6S. The summed E-state index contributed by atoms with van der Waals surface area (Å²) in [6, 6.07) is 13.4. The van der Waals surface area contributed by atoms with Gasteiger partial charge in [-0.05, 0) is 63.1 Å². The van der Waals surface area contributed by atoms with E-state index < -0.39 is 17.8 Å². The minimum Gasteiger partial charge on any atom is -0.484 e. The lowest BCUT2D eigenvalue weighted by Gasteiger charge is -2.11. The van der Waals surface area contributed by atoms with Crippen LogP contribution in [-0.4, -0.2) is 36.7 Å². The molecule has 0 aliphatic carbocycles. The lowest BCUT2D eigenvalue weighted by Crippen LogP contribution is -2.21. The number of thiophene rings is 1. The van der Waals surface area contributed by atoms with Gasteiger partial charge in [-0.15, -0.1) is 11.3 Å². The SMILES string of the molecule is Cc1c(C(=O)OC(C)C)sc(NC(=O)COc2ccc3ccccc3c2)c1C(=O)OC(C)C. The van der Waals surface area contributed by atoms with Crippen molar-refractivity contribution in [2.45, 2.75) is 46.8 Å². The number of nitrogens with one attached hydrogen (secondary N) is 1. The van der Waals surface area contributed by atoms with Crippen molar-refractivity contribution >= 4 is 45.0 Å². The van der Waals surface area contributed by atoms with Crippen LogP contribution in [0.3, 0.4) is 0 Å². The third-order valence-electron chi connectivity index (χ3n) is 4.57. The maximum absolute atomic E-state index is 12.7. The number of carbonyl (C=O) groups excluding carboxylic acids is 3. The van der Waals surface area contributed by atoms with Gasteiger partial charge in [0.1, 0.15) is 15.6 Å². The predicted octanol–water partition coefficient (Wildman–Crippen LogP) is 5.36. The first-order chi connectivity index (χ1) is 15.7. The minimum atomic E-state index is -0.618. The molecule has 1 N–H and O–H groups in total. The molecular weight excluding hydrogens is 442 g/mol. The molecule has 0 spiro atoms. The van der Waals surface area contributed by atoms with Gasteiger partial charge in [-0.25, -0.2) is 9.59 Å². The maximum atomic E-state index is 12.7. The van der Waals surface area contributed by atoms with E-state index in [1.807, 2.05) is 36.4 Å². The second-order valence-electron chi connectivity index (χ2n) is 8.01. The second kappa shape index (κ2) is 10.5. The Morgan fingerprint density at radius 3 is 2.21 bits per heavy atom. The van der Waals surface area contributed by atoms with Crippen molar-refractivity contribution in [2.24, 2.45) is 0 Å². The van der Waals surface area contributed by atoms with E-state index >= 15 is 0 Å². The van der Waals surface area contributed by atoms with Crippen molar-refractivity contribution in [1.82, 2.24) is 0 Å². The van der Waals surface area contributed by atoms with Gasteiger partial charge < -0.3 is 19.5 Å². The van der Waals surface area contributed by atoms with Crippen molar-refractivity contribution in [3.05, 3.63) is 58.5 Å². The van der Waals surface area contributed by atoms with Gasteiger partial charge >= 0.3 is 11.9 Å². The molecule has 0 aliphatic heterocycles. The number of hydrogen-bond acceptors (Lipinski definition) is 7. The van der Waals surface area contributed by atoms with Crippen LogP contribution in [-0.2, 0) is 14.3 Å². The van der Waals surface area contributed by atoms with Gasteiger partial charge in [0.05, 0.1) is 17.8 Å². The number of anilines is 1. The molecule has 8 heteroatoms. The molecule has 1 heterocycles. The zero-order chi connectivity index (χ0) is 24.1. The fourth-order valence-corrected chi connectivity index (χ4v) is 4.25. The normalized spacial score (nSPS) is 11.0. The fraction of sp³-hybridized carbons (Fsp3) is 0.320. The van der Waals surface area contributed by atoms with Crippen molar-refractivity contribution in [2.75, 3.05) is 11.9 Å². The summed E-state index contributed by atoms with van der Waals surface area (Å²) in [5.41, 5.74) is 0.547. The molecule has 0 radical (unpaired) electrons. The van der Waals surface area contributed by atoms with Crippen LogP contribution in [0.15, 0.2) is 42.5 Å². The smallest absolute Gasteiger partial charge is 0.348 e. The molecule has 7 nitrogen and oxygen atoms in total. The number of carbonyl (C=O) groups is 3. The van der Waals surface area contributed by atoms with Crippen LogP contribution in [0, 0.1) is 6.92 Å². The van der Waals surface area contributed by atoms with E-state index in [-0.39, 0.29) is 34.3 Å². The molecule has 2 aromatic carbocycles. The molecule has 0 saturated carbocycles. The molecule has 174 valence electrons. The fourth-order valence-electron chi connectivity index (χ4n) is 3.15. The second-order valence-corrected chi connectivity index (χ2v) is 9.03. The Morgan fingerprint density at radius 1 is 0.909 bits per heavy atom. The molecule has 0 atom stereocenters. The molecule has 0 fully saturated rings. The van der Waals surface area contributed by atoms with Crippen LogP contribution < -0.4 is 10.1 Å². The molecule has 0 aliphatic rings. The Morgan fingerprint density at radius 2 is 1.55 bits per heavy atom. The summed E-state index contributed by atoms with van der Waals surface area (Å²) >= 11 is 0.981. The van der Waals surface area contributed by atoms with Gasteiger partial charge in [0.2, 0.25) is 0 Å². The predicted molar refractivity (Wildman–Crippen MR) is 128 cm³/mol. The van der Waals surface area contributed by atoms with E-state index in [9.17, 15) is 14.4 Å². The van der Waals surface area contributed by atoms with Gasteiger partial charge in [-0.3, -0.25) is 4.79 Å². The van der Waals surface area contributed by atoms with Crippen LogP contribution in [0.1, 0.15) is 53.3 Å². The number of amides is 1. The third kappa shape index (κ3) is 6.10. The monoisotopic (exact) mass is 469 g/mol. The zero-order valence-corrected chi connectivity index (χ0v) is 20.1. The Bertz CT molecular complexity index is 1180. The van der Waals surface area contributed by atoms with Crippen molar-refractivity contribution in [3.63, 3.8) is 0 Å². The Labute approximate surface area is 196 Å². The average Bonchev–Trinajstić information content (AvgIpc) is 3.07. The van der Waals surface area contributed by atoms with Crippen LogP contribution in [0.2, 0.25) is 0 Å². The first-order valence-electron chi connectivity index (χ1n) is 10.6. The molecule has 33 heavy (non-hydrogen) atoms. The highest BCUT2D eigenvalue weighted by atomic mass is 32.1. The van der Waals surface area contributed by atoms with E-state index in [4.69, 9.17) is 14.2 Å².